The normalized spacial score (nSPS) is 28.8. The van der Waals surface area contributed by atoms with Crippen molar-refractivity contribution >= 4 is 17.9 Å². The lowest BCUT2D eigenvalue weighted by Crippen LogP contribution is -2.66. The highest BCUT2D eigenvalue weighted by Gasteiger charge is 2.53. The van der Waals surface area contributed by atoms with Gasteiger partial charge in [0.1, 0.15) is 18.3 Å². The smallest absolute Gasteiger partial charge is 0.376 e. The third-order valence-corrected chi connectivity index (χ3v) is 2.69. The van der Waals surface area contributed by atoms with Gasteiger partial charge in [-0.3, -0.25) is 15.3 Å². The van der Waals surface area contributed by atoms with Crippen molar-refractivity contribution in [3.05, 3.63) is 0 Å². The molecule has 114 valence electrons. The number of aliphatic hydroxyl groups is 4. The van der Waals surface area contributed by atoms with Crippen molar-refractivity contribution in [1.29, 1.82) is 0 Å². The minimum Gasteiger partial charge on any atom is -0.429 e. The first-order valence-corrected chi connectivity index (χ1v) is 5.63. The van der Waals surface area contributed by atoms with Crippen LogP contribution in [0.2, 0.25) is 0 Å². The predicted molar refractivity (Wildman–Crippen MR) is 58.4 cm³/mol. The Morgan fingerprint density at radius 1 is 1.15 bits per heavy atom. The highest BCUT2D eigenvalue weighted by atomic mass is 16.6. The summed E-state index contributed by atoms with van der Waals surface area (Å²) in [4.78, 5) is 34.1. The molecule has 1 fully saturated rings. The lowest BCUT2D eigenvalue weighted by molar-refractivity contribution is -0.214. The van der Waals surface area contributed by atoms with E-state index in [4.69, 9.17) is 10.8 Å². The van der Waals surface area contributed by atoms with Gasteiger partial charge in [-0.2, -0.15) is 0 Å². The molecule has 0 spiro atoms. The Balaban J connectivity index is 3.03. The SMILES string of the molecule is N[C@]1([C@@H](O)[C@H](O)C(O)CO)OC(=O)CCC(=O)OC1=O. The summed E-state index contributed by atoms with van der Waals surface area (Å²) in [6, 6.07) is 0. The summed E-state index contributed by atoms with van der Waals surface area (Å²) in [7, 11) is 0. The van der Waals surface area contributed by atoms with E-state index in [1.807, 2.05) is 0 Å². The summed E-state index contributed by atoms with van der Waals surface area (Å²) in [6.45, 7) is -0.948. The number of hydrogen-bond acceptors (Lipinski definition) is 10. The van der Waals surface area contributed by atoms with Crippen LogP contribution in [0.25, 0.3) is 0 Å². The molecule has 1 unspecified atom stereocenters. The fraction of sp³-hybridized carbons (Fsp3) is 0.700. The molecule has 10 nitrogen and oxygen atoms in total. The van der Waals surface area contributed by atoms with Crippen molar-refractivity contribution in [1.82, 2.24) is 0 Å². The van der Waals surface area contributed by atoms with Gasteiger partial charge in [0.2, 0.25) is 0 Å². The standard InChI is InChI=1S/C10H15NO9/c11-10(8(17)7(16)4(13)3-12)9(18)19-5(14)1-2-6(15)20-10/h4,7-8,12-13,16-17H,1-3,11H2/t4?,7-,8+,10-/m1/s1. The van der Waals surface area contributed by atoms with E-state index in [1.54, 1.807) is 0 Å². The molecule has 20 heavy (non-hydrogen) atoms. The number of rotatable bonds is 4. The molecule has 10 heteroatoms. The highest BCUT2D eigenvalue weighted by molar-refractivity contribution is 5.94. The number of carbonyl (C=O) groups is 3. The van der Waals surface area contributed by atoms with E-state index >= 15 is 0 Å². The molecule has 0 radical (unpaired) electrons. The lowest BCUT2D eigenvalue weighted by atomic mass is 9.98. The summed E-state index contributed by atoms with van der Waals surface area (Å²) < 4.78 is 8.77. The van der Waals surface area contributed by atoms with Crippen LogP contribution >= 0.6 is 0 Å². The zero-order valence-electron chi connectivity index (χ0n) is 10.3. The van der Waals surface area contributed by atoms with Crippen LogP contribution in [0.3, 0.4) is 0 Å². The maximum Gasteiger partial charge on any atom is 0.376 e. The number of ether oxygens (including phenoxy) is 2. The minimum atomic E-state index is -2.87. The first-order valence-electron chi connectivity index (χ1n) is 5.63. The quantitative estimate of drug-likeness (QED) is 0.254. The second-order valence-electron chi connectivity index (χ2n) is 4.21. The second kappa shape index (κ2) is 6.24. The van der Waals surface area contributed by atoms with Gasteiger partial charge in [0, 0.05) is 0 Å². The van der Waals surface area contributed by atoms with Gasteiger partial charge in [-0.05, 0) is 0 Å². The molecule has 0 saturated carbocycles. The van der Waals surface area contributed by atoms with E-state index in [-0.39, 0.29) is 0 Å². The predicted octanol–water partition coefficient (Wildman–Crippen LogP) is -3.88. The summed E-state index contributed by atoms with van der Waals surface area (Å²) in [5.74, 6) is -3.71. The number of aliphatic hydroxyl groups excluding tert-OH is 4. The van der Waals surface area contributed by atoms with E-state index in [0.29, 0.717) is 0 Å². The zero-order chi connectivity index (χ0) is 15.5. The van der Waals surface area contributed by atoms with Crippen LogP contribution in [0.5, 0.6) is 0 Å². The van der Waals surface area contributed by atoms with E-state index in [2.05, 4.69) is 9.47 Å². The first kappa shape index (κ1) is 16.5. The molecule has 4 atom stereocenters. The molecule has 0 amide bonds. The molecule has 1 aliphatic rings. The average molecular weight is 293 g/mol. The van der Waals surface area contributed by atoms with Gasteiger partial charge in [-0.15, -0.1) is 0 Å². The number of esters is 3. The van der Waals surface area contributed by atoms with E-state index in [0.717, 1.165) is 0 Å². The fourth-order valence-electron chi connectivity index (χ4n) is 1.47. The Bertz CT molecular complexity index is 412. The van der Waals surface area contributed by atoms with Gasteiger partial charge in [0.15, 0.2) is 0 Å². The van der Waals surface area contributed by atoms with Crippen molar-refractivity contribution < 1.29 is 44.3 Å². The fourth-order valence-corrected chi connectivity index (χ4v) is 1.47. The van der Waals surface area contributed by atoms with Crippen molar-refractivity contribution in [2.24, 2.45) is 5.73 Å². The highest BCUT2D eigenvalue weighted by Crippen LogP contribution is 2.21. The Morgan fingerprint density at radius 2 is 1.70 bits per heavy atom. The molecule has 1 heterocycles. The molecular formula is C10H15NO9. The zero-order valence-corrected chi connectivity index (χ0v) is 10.3. The van der Waals surface area contributed by atoms with Crippen LogP contribution in [-0.2, 0) is 23.9 Å². The first-order chi connectivity index (χ1) is 9.22. The van der Waals surface area contributed by atoms with Crippen LogP contribution in [0.4, 0.5) is 0 Å². The van der Waals surface area contributed by atoms with Gasteiger partial charge in [-0.25, -0.2) is 4.79 Å². The van der Waals surface area contributed by atoms with Crippen LogP contribution in [0, 0.1) is 0 Å². The monoisotopic (exact) mass is 293 g/mol. The largest absolute Gasteiger partial charge is 0.429 e. The molecule has 0 bridgehead atoms. The van der Waals surface area contributed by atoms with Crippen LogP contribution in [-0.4, -0.2) is 69.0 Å². The molecular weight excluding hydrogens is 278 g/mol. The van der Waals surface area contributed by atoms with Gasteiger partial charge in [0.25, 0.3) is 5.72 Å². The average Bonchev–Trinajstić information content (AvgIpc) is 2.41. The second-order valence-corrected chi connectivity index (χ2v) is 4.21. The van der Waals surface area contributed by atoms with E-state index in [9.17, 15) is 29.7 Å². The van der Waals surface area contributed by atoms with Gasteiger partial charge < -0.3 is 29.9 Å². The van der Waals surface area contributed by atoms with Crippen molar-refractivity contribution in [3.63, 3.8) is 0 Å². The number of nitrogens with two attached hydrogens (primary N) is 1. The minimum absolute atomic E-state index is 0.404. The van der Waals surface area contributed by atoms with E-state index in [1.165, 1.54) is 0 Å². The van der Waals surface area contributed by atoms with Gasteiger partial charge in [-0.1, -0.05) is 0 Å². The molecule has 0 aromatic heterocycles. The summed E-state index contributed by atoms with van der Waals surface area (Å²) in [6.07, 6.45) is -7.11. The molecule has 6 N–H and O–H groups in total. The Morgan fingerprint density at radius 3 is 2.25 bits per heavy atom. The van der Waals surface area contributed by atoms with Gasteiger partial charge in [0.05, 0.1) is 19.4 Å². The number of carbonyl (C=O) groups excluding carboxylic acids is 3. The molecule has 0 aliphatic carbocycles. The molecule has 0 aromatic rings. The Labute approximate surface area is 112 Å². The van der Waals surface area contributed by atoms with E-state index < -0.39 is 61.4 Å². The molecule has 1 aliphatic heterocycles. The van der Waals surface area contributed by atoms with Gasteiger partial charge >= 0.3 is 17.9 Å². The molecule has 1 saturated heterocycles. The summed E-state index contributed by atoms with van der Waals surface area (Å²) >= 11 is 0. The maximum atomic E-state index is 11.6. The molecule has 0 aromatic carbocycles. The third kappa shape index (κ3) is 3.29. The van der Waals surface area contributed by atoms with Crippen molar-refractivity contribution in [3.8, 4) is 0 Å². The van der Waals surface area contributed by atoms with Crippen LogP contribution in [0.1, 0.15) is 12.8 Å². The van der Waals surface area contributed by atoms with Crippen molar-refractivity contribution in [2.45, 2.75) is 36.9 Å². The van der Waals surface area contributed by atoms with Crippen LogP contribution < -0.4 is 5.73 Å². The topological polar surface area (TPSA) is 177 Å². The van der Waals surface area contributed by atoms with Crippen LogP contribution in [0.15, 0.2) is 0 Å². The molecule has 1 rings (SSSR count). The lowest BCUT2D eigenvalue weighted by Gasteiger charge is -2.35. The number of hydrogen-bond donors (Lipinski definition) is 5. The Hall–Kier alpha value is -1.59. The summed E-state index contributed by atoms with van der Waals surface area (Å²) in [5, 5.41) is 37.1. The van der Waals surface area contributed by atoms with Crippen molar-refractivity contribution in [2.75, 3.05) is 6.61 Å². The Kier molecular flexibility index (Phi) is 5.14. The summed E-state index contributed by atoms with van der Waals surface area (Å²) in [5.41, 5.74) is 2.52. The maximum absolute atomic E-state index is 11.6. The third-order valence-electron chi connectivity index (χ3n) is 2.69. The number of cyclic esters (lactones) is 3.